The number of halogens is 1. The van der Waals surface area contributed by atoms with Crippen LogP contribution in [0.3, 0.4) is 0 Å². The predicted molar refractivity (Wildman–Crippen MR) is 140 cm³/mol. The molecule has 0 aliphatic rings. The number of sulfonamides is 1. The molecule has 0 unspecified atom stereocenters. The highest BCUT2D eigenvalue weighted by Gasteiger charge is 2.33. The molecule has 2 amide bonds. The molecule has 1 atom stereocenters. The number of para-hydroxylation sites is 1. The van der Waals surface area contributed by atoms with E-state index in [1.165, 1.54) is 4.90 Å². The molecule has 0 fully saturated rings. The largest absolute Gasteiger partial charge is 0.350 e. The van der Waals surface area contributed by atoms with Crippen molar-refractivity contribution in [2.45, 2.75) is 59.2 Å². The Morgan fingerprint density at radius 3 is 2.26 bits per heavy atom. The summed E-state index contributed by atoms with van der Waals surface area (Å²) in [7, 11) is -3.77. The topological polar surface area (TPSA) is 86.8 Å². The summed E-state index contributed by atoms with van der Waals surface area (Å²) >= 11 is 3.38. The van der Waals surface area contributed by atoms with E-state index in [2.05, 4.69) is 21.2 Å². The zero-order chi connectivity index (χ0) is 25.7. The molecule has 0 aliphatic heterocycles. The average Bonchev–Trinajstić information content (AvgIpc) is 2.70. The Hall–Kier alpha value is -2.39. The van der Waals surface area contributed by atoms with Gasteiger partial charge in [-0.05, 0) is 67.7 Å². The molecule has 1 N–H and O–H groups in total. The maximum absolute atomic E-state index is 13.7. The molecule has 9 heteroatoms. The minimum Gasteiger partial charge on any atom is -0.350 e. The van der Waals surface area contributed by atoms with Gasteiger partial charge in [-0.2, -0.15) is 0 Å². The number of hydrogen-bond donors (Lipinski definition) is 1. The van der Waals surface area contributed by atoms with Crippen LogP contribution in [0, 0.1) is 6.92 Å². The fourth-order valence-corrected chi connectivity index (χ4v) is 5.11. The first-order valence-electron chi connectivity index (χ1n) is 11.1. The molecular weight excluding hydrogens is 518 g/mol. The molecule has 2 rings (SSSR count). The van der Waals surface area contributed by atoms with Gasteiger partial charge in [0.15, 0.2) is 0 Å². The molecule has 0 heterocycles. The van der Waals surface area contributed by atoms with Crippen LogP contribution in [0.2, 0.25) is 0 Å². The molecule has 0 radical (unpaired) electrons. The molecule has 0 aromatic heterocycles. The van der Waals surface area contributed by atoms with E-state index < -0.39 is 34.1 Å². The van der Waals surface area contributed by atoms with Gasteiger partial charge in [0.1, 0.15) is 12.6 Å². The Morgan fingerprint density at radius 1 is 1.09 bits per heavy atom. The fraction of sp³-hybridized carbons (Fsp3) is 0.440. The average molecular weight is 553 g/mol. The van der Waals surface area contributed by atoms with Gasteiger partial charge in [-0.1, -0.05) is 48.9 Å². The molecule has 2 aromatic carbocycles. The summed E-state index contributed by atoms with van der Waals surface area (Å²) in [6, 6.07) is 13.8. The molecule has 34 heavy (non-hydrogen) atoms. The van der Waals surface area contributed by atoms with E-state index >= 15 is 0 Å². The standard InChI is InChI=1S/C25H34BrN3O4S/c1-7-21(24(31)27-25(3,4)5)28(16-19-12-10-11-18(2)15-19)23(30)17-29(34(6,32)33)22-14-9-8-13-20(22)26/h8-15,21H,7,16-17H2,1-6H3,(H,27,31)/t21-/m0/s1. The summed E-state index contributed by atoms with van der Waals surface area (Å²) in [5, 5.41) is 2.95. The lowest BCUT2D eigenvalue weighted by Gasteiger charge is -2.34. The molecule has 0 bridgehead atoms. The van der Waals surface area contributed by atoms with Crippen LogP contribution in [0.15, 0.2) is 53.0 Å². The van der Waals surface area contributed by atoms with Gasteiger partial charge in [0.05, 0.1) is 11.9 Å². The van der Waals surface area contributed by atoms with E-state index in [1.807, 2.05) is 58.9 Å². The molecule has 2 aromatic rings. The highest BCUT2D eigenvalue weighted by atomic mass is 79.9. The monoisotopic (exact) mass is 551 g/mol. The van der Waals surface area contributed by atoms with Crippen LogP contribution in [0.1, 0.15) is 45.2 Å². The lowest BCUT2D eigenvalue weighted by Crippen LogP contribution is -2.55. The summed E-state index contributed by atoms with van der Waals surface area (Å²) in [5.41, 5.74) is 1.78. The maximum atomic E-state index is 13.7. The van der Waals surface area contributed by atoms with Gasteiger partial charge < -0.3 is 10.2 Å². The highest BCUT2D eigenvalue weighted by molar-refractivity contribution is 9.10. The van der Waals surface area contributed by atoms with Gasteiger partial charge in [0.2, 0.25) is 21.8 Å². The molecule has 0 saturated carbocycles. The highest BCUT2D eigenvalue weighted by Crippen LogP contribution is 2.28. The zero-order valence-electron chi connectivity index (χ0n) is 20.6. The van der Waals surface area contributed by atoms with Crippen molar-refractivity contribution in [3.8, 4) is 0 Å². The minimum absolute atomic E-state index is 0.185. The fourth-order valence-electron chi connectivity index (χ4n) is 3.63. The lowest BCUT2D eigenvalue weighted by molar-refractivity contribution is -0.141. The Kier molecular flexibility index (Phi) is 9.30. The van der Waals surface area contributed by atoms with E-state index in [-0.39, 0.29) is 12.5 Å². The number of anilines is 1. The van der Waals surface area contributed by atoms with Crippen molar-refractivity contribution in [3.05, 3.63) is 64.1 Å². The summed E-state index contributed by atoms with van der Waals surface area (Å²) in [6.45, 7) is 9.19. The van der Waals surface area contributed by atoms with Crippen LogP contribution in [0.4, 0.5) is 5.69 Å². The van der Waals surface area contributed by atoms with Gasteiger partial charge in [0, 0.05) is 16.6 Å². The molecule has 0 aliphatic carbocycles. The number of nitrogens with one attached hydrogen (secondary N) is 1. The quantitative estimate of drug-likeness (QED) is 0.504. The van der Waals surface area contributed by atoms with E-state index in [1.54, 1.807) is 24.3 Å². The predicted octanol–water partition coefficient (Wildman–Crippen LogP) is 4.25. The van der Waals surface area contributed by atoms with Gasteiger partial charge >= 0.3 is 0 Å². The van der Waals surface area contributed by atoms with Crippen molar-refractivity contribution in [2.24, 2.45) is 0 Å². The second-order valence-electron chi connectivity index (χ2n) is 9.40. The van der Waals surface area contributed by atoms with Crippen molar-refractivity contribution < 1.29 is 18.0 Å². The van der Waals surface area contributed by atoms with Gasteiger partial charge in [-0.25, -0.2) is 8.42 Å². The molecular formula is C25H34BrN3O4S. The Bertz CT molecular complexity index is 1130. The second-order valence-corrected chi connectivity index (χ2v) is 12.2. The van der Waals surface area contributed by atoms with Crippen LogP contribution in [0.5, 0.6) is 0 Å². The van der Waals surface area contributed by atoms with Crippen molar-refractivity contribution in [2.75, 3.05) is 17.1 Å². The van der Waals surface area contributed by atoms with Crippen molar-refractivity contribution in [1.82, 2.24) is 10.2 Å². The minimum atomic E-state index is -3.77. The third-order valence-electron chi connectivity index (χ3n) is 5.12. The molecule has 186 valence electrons. The van der Waals surface area contributed by atoms with Crippen molar-refractivity contribution >= 4 is 43.5 Å². The molecule has 0 spiro atoms. The van der Waals surface area contributed by atoms with E-state index in [0.717, 1.165) is 21.7 Å². The van der Waals surface area contributed by atoms with Crippen LogP contribution in [0.25, 0.3) is 0 Å². The summed E-state index contributed by atoms with van der Waals surface area (Å²) < 4.78 is 26.9. The van der Waals surface area contributed by atoms with Crippen LogP contribution < -0.4 is 9.62 Å². The number of aryl methyl sites for hydroxylation is 1. The SMILES string of the molecule is CC[C@@H](C(=O)NC(C)(C)C)N(Cc1cccc(C)c1)C(=O)CN(c1ccccc1Br)S(C)(=O)=O. The maximum Gasteiger partial charge on any atom is 0.244 e. The van der Waals surface area contributed by atoms with Crippen molar-refractivity contribution in [1.29, 1.82) is 0 Å². The van der Waals surface area contributed by atoms with Crippen molar-refractivity contribution in [3.63, 3.8) is 0 Å². The Labute approximate surface area is 211 Å². The number of carbonyl (C=O) groups excluding carboxylic acids is 2. The number of nitrogens with zero attached hydrogens (tertiary/aromatic N) is 2. The summed E-state index contributed by atoms with van der Waals surface area (Å²) in [5.74, 6) is -0.735. The number of carbonyl (C=O) groups is 2. The summed E-state index contributed by atoms with van der Waals surface area (Å²) in [4.78, 5) is 28.3. The van der Waals surface area contributed by atoms with Gasteiger partial charge in [-0.3, -0.25) is 13.9 Å². The number of hydrogen-bond acceptors (Lipinski definition) is 4. The first-order valence-corrected chi connectivity index (χ1v) is 13.8. The summed E-state index contributed by atoms with van der Waals surface area (Å²) in [6.07, 6.45) is 1.45. The third-order valence-corrected chi connectivity index (χ3v) is 6.92. The zero-order valence-corrected chi connectivity index (χ0v) is 23.0. The molecule has 7 nitrogen and oxygen atoms in total. The lowest BCUT2D eigenvalue weighted by atomic mass is 10.0. The van der Waals surface area contributed by atoms with E-state index in [9.17, 15) is 18.0 Å². The Balaban J connectivity index is 2.48. The third kappa shape index (κ3) is 7.84. The first kappa shape index (κ1) is 27.9. The van der Waals surface area contributed by atoms with E-state index in [4.69, 9.17) is 0 Å². The van der Waals surface area contributed by atoms with Crippen LogP contribution in [-0.4, -0.2) is 49.5 Å². The smallest absolute Gasteiger partial charge is 0.244 e. The molecule has 0 saturated heterocycles. The number of amides is 2. The van der Waals surface area contributed by atoms with Gasteiger partial charge in [-0.15, -0.1) is 0 Å². The number of rotatable bonds is 9. The van der Waals surface area contributed by atoms with E-state index in [0.29, 0.717) is 16.6 Å². The van der Waals surface area contributed by atoms with Crippen LogP contribution in [-0.2, 0) is 26.2 Å². The second kappa shape index (κ2) is 11.4. The normalized spacial score (nSPS) is 12.7. The van der Waals surface area contributed by atoms with Crippen LogP contribution >= 0.6 is 15.9 Å². The Morgan fingerprint density at radius 2 is 1.74 bits per heavy atom. The van der Waals surface area contributed by atoms with Gasteiger partial charge in [0.25, 0.3) is 0 Å². The number of benzene rings is 2. The first-order chi connectivity index (χ1) is 15.7.